The number of nitrogens with one attached hydrogen (secondary N) is 1. The quantitative estimate of drug-likeness (QED) is 0.761. The first kappa shape index (κ1) is 14.1. The van der Waals surface area contributed by atoms with E-state index >= 15 is 0 Å². The van der Waals surface area contributed by atoms with Crippen LogP contribution in [0.2, 0.25) is 0 Å². The number of nitrogens with zero attached hydrogens (tertiary/aromatic N) is 2. The molecule has 1 aromatic heterocycles. The van der Waals surface area contributed by atoms with Crippen LogP contribution >= 0.6 is 0 Å². The van der Waals surface area contributed by atoms with Gasteiger partial charge in [0.25, 0.3) is 0 Å². The van der Waals surface area contributed by atoms with Crippen LogP contribution in [0.1, 0.15) is 75.9 Å². The molecule has 0 unspecified atom stereocenters. The van der Waals surface area contributed by atoms with Crippen LogP contribution in [0.15, 0.2) is 12.3 Å². The van der Waals surface area contributed by atoms with Crippen molar-refractivity contribution >= 4 is 0 Å². The maximum atomic E-state index is 4.72. The van der Waals surface area contributed by atoms with Crippen molar-refractivity contribution in [2.24, 2.45) is 5.92 Å². The van der Waals surface area contributed by atoms with E-state index in [1.807, 2.05) is 0 Å². The lowest BCUT2D eigenvalue weighted by Gasteiger charge is -2.09. The van der Waals surface area contributed by atoms with Crippen LogP contribution in [0.4, 0.5) is 0 Å². The minimum atomic E-state index is 0.672. The molecule has 112 valence electrons. The van der Waals surface area contributed by atoms with Crippen LogP contribution in [0, 0.1) is 5.92 Å². The Kier molecular flexibility index (Phi) is 5.12. The second-order valence-corrected chi connectivity index (χ2v) is 6.69. The van der Waals surface area contributed by atoms with E-state index in [1.54, 1.807) is 0 Å². The SMILES string of the molecule is c1cn(C2CCCC2)nc1CNCCCC1CCCC1. The Balaban J connectivity index is 1.31. The molecule has 0 amide bonds. The maximum Gasteiger partial charge on any atom is 0.0762 e. The lowest BCUT2D eigenvalue weighted by atomic mass is 10.0. The summed E-state index contributed by atoms with van der Waals surface area (Å²) < 4.78 is 2.20. The van der Waals surface area contributed by atoms with Crippen molar-refractivity contribution in [2.45, 2.75) is 76.8 Å². The van der Waals surface area contributed by atoms with Crippen molar-refractivity contribution in [1.29, 1.82) is 0 Å². The van der Waals surface area contributed by atoms with Gasteiger partial charge in [-0.25, -0.2) is 0 Å². The molecule has 2 fully saturated rings. The summed E-state index contributed by atoms with van der Waals surface area (Å²) in [5, 5.41) is 8.28. The minimum absolute atomic E-state index is 0.672. The summed E-state index contributed by atoms with van der Waals surface area (Å²) in [6, 6.07) is 2.86. The van der Waals surface area contributed by atoms with E-state index in [-0.39, 0.29) is 0 Å². The lowest BCUT2D eigenvalue weighted by molar-refractivity contribution is 0.455. The molecule has 20 heavy (non-hydrogen) atoms. The van der Waals surface area contributed by atoms with Crippen LogP contribution < -0.4 is 5.32 Å². The minimum Gasteiger partial charge on any atom is -0.311 e. The van der Waals surface area contributed by atoms with Crippen LogP contribution in [-0.4, -0.2) is 16.3 Å². The van der Waals surface area contributed by atoms with Gasteiger partial charge in [-0.1, -0.05) is 38.5 Å². The molecule has 0 radical (unpaired) electrons. The van der Waals surface area contributed by atoms with E-state index in [9.17, 15) is 0 Å². The molecule has 3 rings (SSSR count). The average Bonchev–Trinajstić information content (AvgIpc) is 3.21. The number of rotatable bonds is 7. The number of aromatic nitrogens is 2. The highest BCUT2D eigenvalue weighted by atomic mass is 15.3. The highest BCUT2D eigenvalue weighted by Crippen LogP contribution is 2.29. The Bertz CT molecular complexity index is 387. The fourth-order valence-electron chi connectivity index (χ4n) is 3.88. The fourth-order valence-corrected chi connectivity index (χ4v) is 3.88. The molecule has 0 spiro atoms. The second kappa shape index (κ2) is 7.26. The summed E-state index contributed by atoms with van der Waals surface area (Å²) in [5.41, 5.74) is 1.21. The van der Waals surface area contributed by atoms with Crippen molar-refractivity contribution in [3.05, 3.63) is 18.0 Å². The van der Waals surface area contributed by atoms with Crippen LogP contribution in [0.5, 0.6) is 0 Å². The molecule has 0 aliphatic heterocycles. The summed E-state index contributed by atoms with van der Waals surface area (Å²) in [5.74, 6) is 1.03. The third kappa shape index (κ3) is 3.85. The monoisotopic (exact) mass is 275 g/mol. The smallest absolute Gasteiger partial charge is 0.0762 e. The molecule has 2 saturated carbocycles. The first-order valence-electron chi connectivity index (χ1n) is 8.66. The van der Waals surface area contributed by atoms with Gasteiger partial charge in [0, 0.05) is 12.7 Å². The van der Waals surface area contributed by atoms with Gasteiger partial charge in [0.15, 0.2) is 0 Å². The molecule has 3 heteroatoms. The molecule has 1 heterocycles. The zero-order chi connectivity index (χ0) is 13.6. The molecule has 3 nitrogen and oxygen atoms in total. The van der Waals surface area contributed by atoms with Gasteiger partial charge in [0.05, 0.1) is 11.7 Å². The molecular formula is C17H29N3. The molecule has 0 aromatic carbocycles. The van der Waals surface area contributed by atoms with Crippen molar-refractivity contribution < 1.29 is 0 Å². The highest BCUT2D eigenvalue weighted by Gasteiger charge is 2.17. The van der Waals surface area contributed by atoms with E-state index in [0.717, 1.165) is 19.0 Å². The molecular weight excluding hydrogens is 246 g/mol. The average molecular weight is 275 g/mol. The second-order valence-electron chi connectivity index (χ2n) is 6.69. The number of hydrogen-bond acceptors (Lipinski definition) is 2. The Labute approximate surface area is 123 Å². The normalized spacial score (nSPS) is 21.0. The summed E-state index contributed by atoms with van der Waals surface area (Å²) in [4.78, 5) is 0. The Hall–Kier alpha value is -0.830. The molecule has 1 aromatic rings. The highest BCUT2D eigenvalue weighted by molar-refractivity contribution is 4.99. The largest absolute Gasteiger partial charge is 0.311 e. The zero-order valence-electron chi connectivity index (χ0n) is 12.7. The summed E-state index contributed by atoms with van der Waals surface area (Å²) in [7, 11) is 0. The molecule has 0 atom stereocenters. The van der Waals surface area contributed by atoms with Gasteiger partial charge in [0.1, 0.15) is 0 Å². The van der Waals surface area contributed by atoms with Crippen molar-refractivity contribution in [2.75, 3.05) is 6.54 Å². The third-order valence-electron chi connectivity index (χ3n) is 5.11. The molecule has 2 aliphatic rings. The van der Waals surface area contributed by atoms with Crippen molar-refractivity contribution in [3.63, 3.8) is 0 Å². The van der Waals surface area contributed by atoms with E-state index in [0.29, 0.717) is 6.04 Å². The predicted molar refractivity (Wildman–Crippen MR) is 82.6 cm³/mol. The van der Waals surface area contributed by atoms with E-state index in [4.69, 9.17) is 5.10 Å². The van der Waals surface area contributed by atoms with Crippen molar-refractivity contribution in [1.82, 2.24) is 15.1 Å². The van der Waals surface area contributed by atoms with Gasteiger partial charge in [-0.15, -0.1) is 0 Å². The third-order valence-corrected chi connectivity index (χ3v) is 5.11. The summed E-state index contributed by atoms with van der Waals surface area (Å²) in [6.07, 6.45) is 16.2. The van der Waals surface area contributed by atoms with E-state index in [1.165, 1.54) is 69.9 Å². The van der Waals surface area contributed by atoms with Crippen molar-refractivity contribution in [3.8, 4) is 0 Å². The van der Waals surface area contributed by atoms with Gasteiger partial charge < -0.3 is 5.32 Å². The standard InChI is InChI=1S/C17H29N3/c1-2-7-15(6-1)8-5-12-18-14-16-11-13-20(19-16)17-9-3-4-10-17/h11,13,15,17-18H,1-10,12,14H2. The van der Waals surface area contributed by atoms with Gasteiger partial charge in [-0.2, -0.15) is 5.10 Å². The fraction of sp³-hybridized carbons (Fsp3) is 0.824. The molecule has 0 bridgehead atoms. The molecule has 0 saturated heterocycles. The summed E-state index contributed by atoms with van der Waals surface area (Å²) >= 11 is 0. The maximum absolute atomic E-state index is 4.72. The van der Waals surface area contributed by atoms with Crippen LogP contribution in [0.25, 0.3) is 0 Å². The Morgan fingerprint density at radius 1 is 1.10 bits per heavy atom. The topological polar surface area (TPSA) is 29.9 Å². The number of hydrogen-bond donors (Lipinski definition) is 1. The Morgan fingerprint density at radius 2 is 1.85 bits per heavy atom. The molecule has 1 N–H and O–H groups in total. The van der Waals surface area contributed by atoms with Gasteiger partial charge in [-0.05, 0) is 44.2 Å². The lowest BCUT2D eigenvalue weighted by Crippen LogP contribution is -2.16. The van der Waals surface area contributed by atoms with Gasteiger partial charge >= 0.3 is 0 Å². The summed E-state index contributed by atoms with van der Waals surface area (Å²) in [6.45, 7) is 2.08. The van der Waals surface area contributed by atoms with Crippen LogP contribution in [-0.2, 0) is 6.54 Å². The molecule has 2 aliphatic carbocycles. The zero-order valence-corrected chi connectivity index (χ0v) is 12.7. The first-order valence-corrected chi connectivity index (χ1v) is 8.66. The van der Waals surface area contributed by atoms with Crippen LogP contribution in [0.3, 0.4) is 0 Å². The predicted octanol–water partition coefficient (Wildman–Crippen LogP) is 4.06. The van der Waals surface area contributed by atoms with Gasteiger partial charge in [0.2, 0.25) is 0 Å². The van der Waals surface area contributed by atoms with Gasteiger partial charge in [-0.3, -0.25) is 4.68 Å². The first-order chi connectivity index (χ1) is 9.92. The Morgan fingerprint density at radius 3 is 2.65 bits per heavy atom. The van der Waals surface area contributed by atoms with E-state index in [2.05, 4.69) is 22.3 Å². The van der Waals surface area contributed by atoms with E-state index < -0.39 is 0 Å².